The van der Waals surface area contributed by atoms with Gasteiger partial charge in [0.25, 0.3) is 11.8 Å². The van der Waals surface area contributed by atoms with E-state index in [4.69, 9.17) is 51.6 Å². The third kappa shape index (κ3) is 16.2. The second kappa shape index (κ2) is 31.7. The summed E-state index contributed by atoms with van der Waals surface area (Å²) in [6, 6.07) is 20.3. The van der Waals surface area contributed by atoms with E-state index in [0.717, 1.165) is 112 Å². The molecule has 4 saturated heterocycles. The number of amides is 4. The Morgan fingerprint density at radius 2 is 0.896 bits per heavy atom. The summed E-state index contributed by atoms with van der Waals surface area (Å²) >= 11 is 13.1. The van der Waals surface area contributed by atoms with E-state index < -0.39 is 23.4 Å². The summed E-state index contributed by atoms with van der Waals surface area (Å²) in [5, 5.41) is 7.33. The number of methoxy groups -OCH3 is 2. The van der Waals surface area contributed by atoms with Crippen molar-refractivity contribution in [3.8, 4) is 0 Å². The second-order valence-electron chi connectivity index (χ2n) is 26.4. The average Bonchev–Trinajstić information content (AvgIpc) is 1.93. The lowest BCUT2D eigenvalue weighted by Crippen LogP contribution is -2.56. The van der Waals surface area contributed by atoms with E-state index in [1.54, 1.807) is 26.6 Å². The standard InChI is InChI=1S/2C36H44ClFN4O6/c2*1-4-47-36(45)22-9-11-26(12-10-22)48-21-25-15-24(41-18-27(19-41)46-3)17-42(25)34(43)14-23-13-30(37)32(16-31(23)38)39-35(44)29-20-40(2)33-8-6-5-7-28(29)33/h2*5-8,13,16,20,22,24-27H,4,9-12,14-15,17-19,21H2,1-3H3,(H,39,44)/t2*22?,24-,25?,26?/m00/s1. The summed E-state index contributed by atoms with van der Waals surface area (Å²) in [4.78, 5) is 86.5. The van der Waals surface area contributed by atoms with Gasteiger partial charge >= 0.3 is 11.9 Å². The van der Waals surface area contributed by atoms with Crippen LogP contribution in [0.5, 0.6) is 0 Å². The van der Waals surface area contributed by atoms with Crippen molar-refractivity contribution in [3.05, 3.63) is 129 Å². The average molecular weight is 1370 g/mol. The molecule has 6 aromatic rings. The van der Waals surface area contributed by atoms with Crippen LogP contribution in [0, 0.1) is 23.5 Å². The number of aryl methyl sites for hydroxylation is 2. The smallest absolute Gasteiger partial charge is 0.308 e. The Morgan fingerprint density at radius 1 is 0.521 bits per heavy atom. The van der Waals surface area contributed by atoms with Gasteiger partial charge in [-0.2, -0.15) is 0 Å². The van der Waals surface area contributed by atoms with E-state index in [1.165, 1.54) is 24.3 Å². The van der Waals surface area contributed by atoms with Crippen molar-refractivity contribution in [2.75, 3.05) is 90.5 Å². The van der Waals surface area contributed by atoms with Crippen molar-refractivity contribution in [2.24, 2.45) is 25.9 Å². The van der Waals surface area contributed by atoms with Gasteiger partial charge in [0.1, 0.15) is 11.6 Å². The van der Waals surface area contributed by atoms with Crippen LogP contribution in [0.4, 0.5) is 20.2 Å². The lowest BCUT2D eigenvalue weighted by Gasteiger charge is -2.42. The number of fused-ring (bicyclic) bond motifs is 2. The third-order valence-corrected chi connectivity index (χ3v) is 20.9. The number of nitrogens with one attached hydrogen (secondary N) is 2. The van der Waals surface area contributed by atoms with Crippen LogP contribution >= 0.6 is 23.2 Å². The predicted octanol–water partition coefficient (Wildman–Crippen LogP) is 10.4. The Morgan fingerprint density at radius 3 is 1.26 bits per heavy atom. The number of nitrogens with zero attached hydrogens (tertiary/aromatic N) is 6. The minimum absolute atomic E-state index is 0.0152. The van der Waals surface area contributed by atoms with Crippen molar-refractivity contribution in [1.29, 1.82) is 0 Å². The maximum atomic E-state index is 15.5. The molecule has 6 fully saturated rings. The zero-order valence-electron chi connectivity index (χ0n) is 55.5. The number of ether oxygens (including phenoxy) is 6. The van der Waals surface area contributed by atoms with Crippen LogP contribution in [0.1, 0.15) is 110 Å². The summed E-state index contributed by atoms with van der Waals surface area (Å²) in [5.74, 6) is -2.89. The first kappa shape index (κ1) is 70.3. The number of rotatable bonds is 22. The minimum atomic E-state index is -0.617. The molecule has 0 bridgehead atoms. The molecule has 2 unspecified atom stereocenters. The number of hydrogen-bond acceptors (Lipinski definition) is 14. The summed E-state index contributed by atoms with van der Waals surface area (Å²) in [6.07, 6.45) is 11.0. The van der Waals surface area contributed by atoms with Crippen LogP contribution in [-0.2, 0) is 74.5 Å². The van der Waals surface area contributed by atoms with E-state index in [2.05, 4.69) is 20.4 Å². The SMILES string of the molecule is CCOC(=O)C1CCC(OCC2C[C@H](N3CC(OC)C3)CN2C(=O)Cc2cc(Cl)c(NC(=O)c3cn(C)c4ccccc34)cc2F)CC1.CCOC(=O)C1CCC(OCC2C[C@H](N3CC(OC)C3)CN2C(=O)Cc2cc(Cl)c(NC(=O)c3cn(C)c4ccccc34)cc2F)CC1. The molecule has 20 nitrogen and oxygen atoms in total. The number of halogens is 4. The van der Waals surface area contributed by atoms with Gasteiger partial charge in [0.05, 0.1) is 120 Å². The Hall–Kier alpha value is -7.02. The lowest BCUT2D eigenvalue weighted by molar-refractivity contribution is -0.151. The maximum absolute atomic E-state index is 15.5. The minimum Gasteiger partial charge on any atom is -0.466 e. The molecule has 96 heavy (non-hydrogen) atoms. The molecule has 6 aliphatic rings. The quantitative estimate of drug-likeness (QED) is 0.0607. The lowest BCUT2D eigenvalue weighted by atomic mass is 9.87. The Balaban J connectivity index is 0.000000195. The molecule has 4 aliphatic heterocycles. The molecular formula is C72H88Cl2F2N8O12. The number of carbonyl (C=O) groups excluding carboxylic acids is 6. The van der Waals surface area contributed by atoms with E-state index in [-0.39, 0.29) is 130 Å². The number of esters is 2. The van der Waals surface area contributed by atoms with Crippen molar-refractivity contribution >= 4 is 91.9 Å². The third-order valence-electron chi connectivity index (χ3n) is 20.2. The second-order valence-corrected chi connectivity index (χ2v) is 27.2. The Kier molecular flexibility index (Phi) is 23.2. The van der Waals surface area contributed by atoms with Crippen LogP contribution in [0.25, 0.3) is 21.8 Å². The van der Waals surface area contributed by atoms with E-state index >= 15 is 8.78 Å². The van der Waals surface area contributed by atoms with Gasteiger partial charge in [-0.05, 0) is 126 Å². The predicted molar refractivity (Wildman–Crippen MR) is 361 cm³/mol. The number of anilines is 2. The number of aromatic nitrogens is 2. The molecule has 6 heterocycles. The zero-order valence-corrected chi connectivity index (χ0v) is 57.0. The number of carbonyl (C=O) groups is 6. The van der Waals surface area contributed by atoms with Gasteiger partial charge in [0.2, 0.25) is 11.8 Å². The van der Waals surface area contributed by atoms with Crippen molar-refractivity contribution in [2.45, 2.75) is 139 Å². The molecule has 4 atom stereocenters. The van der Waals surface area contributed by atoms with Crippen LogP contribution < -0.4 is 10.6 Å². The van der Waals surface area contributed by atoms with E-state index in [0.29, 0.717) is 50.6 Å². The summed E-state index contributed by atoms with van der Waals surface area (Å²) in [6.45, 7) is 9.43. The maximum Gasteiger partial charge on any atom is 0.308 e. The normalized spacial score (nSPS) is 23.3. The molecule has 2 aliphatic carbocycles. The van der Waals surface area contributed by atoms with Crippen LogP contribution in [-0.4, -0.2) is 193 Å². The number of para-hydroxylation sites is 2. The molecule has 4 aromatic carbocycles. The molecule has 516 valence electrons. The fourth-order valence-corrected chi connectivity index (χ4v) is 15.1. The number of likely N-dealkylation sites (tertiary alicyclic amines) is 4. The van der Waals surface area contributed by atoms with Gasteiger partial charge in [0.15, 0.2) is 0 Å². The molecule has 4 amide bonds. The van der Waals surface area contributed by atoms with Crippen molar-refractivity contribution in [1.82, 2.24) is 28.7 Å². The fourth-order valence-electron chi connectivity index (χ4n) is 14.6. The number of benzene rings is 4. The van der Waals surface area contributed by atoms with Gasteiger partial charge in [-0.3, -0.25) is 38.6 Å². The molecule has 2 saturated carbocycles. The van der Waals surface area contributed by atoms with E-state index in [1.807, 2.05) is 95.4 Å². The van der Waals surface area contributed by atoms with E-state index in [9.17, 15) is 28.8 Å². The largest absolute Gasteiger partial charge is 0.466 e. The van der Waals surface area contributed by atoms with Crippen LogP contribution in [0.3, 0.4) is 0 Å². The highest BCUT2D eigenvalue weighted by molar-refractivity contribution is 6.34. The molecule has 2 N–H and O–H groups in total. The van der Waals surface area contributed by atoms with Gasteiger partial charge in [-0.15, -0.1) is 0 Å². The van der Waals surface area contributed by atoms with Crippen molar-refractivity contribution in [3.63, 3.8) is 0 Å². The molecule has 0 radical (unpaired) electrons. The fraction of sp³-hybridized carbons (Fsp3) is 0.528. The summed E-state index contributed by atoms with van der Waals surface area (Å²) in [7, 11) is 7.13. The molecular weight excluding hydrogens is 1280 g/mol. The Labute approximate surface area is 569 Å². The van der Waals surface area contributed by atoms with Gasteiger partial charge in [-0.1, -0.05) is 59.6 Å². The molecule has 0 spiro atoms. The first-order valence-electron chi connectivity index (χ1n) is 33.7. The molecule has 12 rings (SSSR count). The van der Waals surface area contributed by atoms with Crippen LogP contribution in [0.2, 0.25) is 10.0 Å². The number of hydrogen-bond donors (Lipinski definition) is 2. The van der Waals surface area contributed by atoms with Gasteiger partial charge < -0.3 is 58.0 Å². The first-order valence-corrected chi connectivity index (χ1v) is 34.4. The van der Waals surface area contributed by atoms with Crippen LogP contribution in [0.15, 0.2) is 85.2 Å². The van der Waals surface area contributed by atoms with Gasteiger partial charge in [-0.25, -0.2) is 8.78 Å². The zero-order chi connectivity index (χ0) is 67.9. The highest BCUT2D eigenvalue weighted by Gasteiger charge is 2.45. The summed E-state index contributed by atoms with van der Waals surface area (Å²) in [5.41, 5.74) is 3.30. The topological polar surface area (TPSA) is 205 Å². The molecule has 24 heteroatoms. The first-order chi connectivity index (χ1) is 46.3. The molecule has 2 aromatic heterocycles. The monoisotopic (exact) mass is 1360 g/mol. The van der Waals surface area contributed by atoms with Crippen molar-refractivity contribution < 1.29 is 66.0 Å². The highest BCUT2D eigenvalue weighted by atomic mass is 35.5. The highest BCUT2D eigenvalue weighted by Crippen LogP contribution is 2.36. The van der Waals surface area contributed by atoms with Gasteiger partial charge in [0, 0.05) is 114 Å². The Bertz CT molecular complexity index is 3540. The summed E-state index contributed by atoms with van der Waals surface area (Å²) < 4.78 is 68.7.